The van der Waals surface area contributed by atoms with Gasteiger partial charge in [0.2, 0.25) is 0 Å². The number of hydrogen-bond acceptors (Lipinski definition) is 6. The molecule has 0 saturated heterocycles. The Bertz CT molecular complexity index is 1110. The molecule has 29 heavy (non-hydrogen) atoms. The van der Waals surface area contributed by atoms with E-state index in [1.807, 2.05) is 30.3 Å². The molecule has 2 aliphatic rings. The van der Waals surface area contributed by atoms with Gasteiger partial charge in [-0.15, -0.1) is 11.3 Å². The molecule has 148 valence electrons. The van der Waals surface area contributed by atoms with Crippen molar-refractivity contribution in [2.75, 3.05) is 18.1 Å². The molecular formula is C21H19ClN4O2S. The largest absolute Gasteiger partial charge is 0.484 e. The number of aromatic nitrogens is 2. The van der Waals surface area contributed by atoms with E-state index in [4.69, 9.17) is 32.0 Å². The second-order valence-electron chi connectivity index (χ2n) is 7.20. The highest BCUT2D eigenvalue weighted by Gasteiger charge is 2.29. The molecule has 2 N–H and O–H groups in total. The summed E-state index contributed by atoms with van der Waals surface area (Å²) in [5, 5.41) is 0. The summed E-state index contributed by atoms with van der Waals surface area (Å²) in [6.45, 7) is 0.716. The van der Waals surface area contributed by atoms with Crippen LogP contribution in [0.25, 0.3) is 10.7 Å². The van der Waals surface area contributed by atoms with Crippen LogP contribution in [0.1, 0.15) is 23.2 Å². The van der Waals surface area contributed by atoms with E-state index in [2.05, 4.69) is 4.90 Å². The molecule has 0 radical (unpaired) electrons. The quantitative estimate of drug-likeness (QED) is 0.669. The number of aryl methyl sites for hydroxylation is 1. The van der Waals surface area contributed by atoms with E-state index in [1.54, 1.807) is 0 Å². The van der Waals surface area contributed by atoms with Crippen molar-refractivity contribution in [2.45, 2.75) is 25.7 Å². The molecule has 0 bridgehead atoms. The molecule has 1 amide bonds. The van der Waals surface area contributed by atoms with Crippen molar-refractivity contribution >= 4 is 40.4 Å². The van der Waals surface area contributed by atoms with Crippen LogP contribution in [0, 0.1) is 0 Å². The zero-order valence-electron chi connectivity index (χ0n) is 15.7. The minimum Gasteiger partial charge on any atom is -0.484 e. The zero-order valence-corrected chi connectivity index (χ0v) is 17.2. The number of fused-ring (bicyclic) bond motifs is 2. The third kappa shape index (κ3) is 3.45. The Morgan fingerprint density at radius 3 is 2.90 bits per heavy atom. The Kier molecular flexibility index (Phi) is 4.64. The molecule has 8 heteroatoms. The molecule has 6 nitrogen and oxygen atoms in total. The molecule has 1 aliphatic heterocycles. The molecule has 2 aromatic heterocycles. The number of benzene rings is 1. The number of thiophene rings is 1. The average Bonchev–Trinajstić information content (AvgIpc) is 3.44. The van der Waals surface area contributed by atoms with Gasteiger partial charge in [-0.1, -0.05) is 17.7 Å². The summed E-state index contributed by atoms with van der Waals surface area (Å²) in [4.78, 5) is 24.1. The number of amides is 1. The number of primary amides is 1. The third-order valence-corrected chi connectivity index (χ3v) is 6.52. The van der Waals surface area contributed by atoms with E-state index < -0.39 is 5.91 Å². The van der Waals surface area contributed by atoms with Crippen LogP contribution in [0.3, 0.4) is 0 Å². The van der Waals surface area contributed by atoms with Gasteiger partial charge in [0.25, 0.3) is 5.91 Å². The molecule has 3 aromatic rings. The number of nitrogens with zero attached hydrogens (tertiary/aromatic N) is 3. The Morgan fingerprint density at radius 1 is 1.21 bits per heavy atom. The monoisotopic (exact) mass is 426 g/mol. The number of anilines is 2. The van der Waals surface area contributed by atoms with Crippen LogP contribution in [0.5, 0.6) is 5.75 Å². The van der Waals surface area contributed by atoms with Gasteiger partial charge in [0, 0.05) is 29.6 Å². The minimum absolute atomic E-state index is 0.134. The van der Waals surface area contributed by atoms with Gasteiger partial charge in [-0.2, -0.15) is 0 Å². The predicted octanol–water partition coefficient (Wildman–Crippen LogP) is 3.91. The number of halogens is 1. The van der Waals surface area contributed by atoms with E-state index in [9.17, 15) is 4.79 Å². The van der Waals surface area contributed by atoms with Crippen molar-refractivity contribution in [1.82, 2.24) is 9.97 Å². The lowest BCUT2D eigenvalue weighted by Crippen LogP contribution is -2.20. The van der Waals surface area contributed by atoms with Crippen LogP contribution < -0.4 is 15.4 Å². The van der Waals surface area contributed by atoms with E-state index in [0.29, 0.717) is 5.75 Å². The van der Waals surface area contributed by atoms with Crippen LogP contribution in [0.2, 0.25) is 4.34 Å². The average molecular weight is 427 g/mol. The highest BCUT2D eigenvalue weighted by molar-refractivity contribution is 7.19. The topological polar surface area (TPSA) is 81.3 Å². The maximum absolute atomic E-state index is 11.1. The summed E-state index contributed by atoms with van der Waals surface area (Å²) in [6.07, 6.45) is 3.98. The van der Waals surface area contributed by atoms with Crippen molar-refractivity contribution in [3.8, 4) is 16.5 Å². The van der Waals surface area contributed by atoms with Crippen molar-refractivity contribution in [1.29, 1.82) is 0 Å². The van der Waals surface area contributed by atoms with Gasteiger partial charge in [0.05, 0.1) is 9.21 Å². The fourth-order valence-electron chi connectivity index (χ4n) is 4.00. The molecule has 0 unspecified atom stereocenters. The summed E-state index contributed by atoms with van der Waals surface area (Å²) in [5.41, 5.74) is 9.87. The highest BCUT2D eigenvalue weighted by Crippen LogP contribution is 2.41. The van der Waals surface area contributed by atoms with Crippen molar-refractivity contribution in [2.24, 2.45) is 5.73 Å². The van der Waals surface area contributed by atoms with E-state index in [-0.39, 0.29) is 6.61 Å². The summed E-state index contributed by atoms with van der Waals surface area (Å²) in [7, 11) is 0. The van der Waals surface area contributed by atoms with E-state index in [1.165, 1.54) is 22.5 Å². The second kappa shape index (κ2) is 7.31. The smallest absolute Gasteiger partial charge is 0.255 e. The molecule has 5 rings (SSSR count). The molecule has 0 spiro atoms. The molecule has 3 heterocycles. The van der Waals surface area contributed by atoms with Crippen LogP contribution in [0.15, 0.2) is 30.3 Å². The number of hydrogen-bond donors (Lipinski definition) is 1. The second-order valence-corrected chi connectivity index (χ2v) is 8.92. The van der Waals surface area contributed by atoms with Gasteiger partial charge < -0.3 is 15.4 Å². The Labute approximate surface area is 177 Å². The van der Waals surface area contributed by atoms with Crippen LogP contribution in [-0.2, 0) is 24.1 Å². The van der Waals surface area contributed by atoms with Gasteiger partial charge in [-0.3, -0.25) is 4.79 Å². The lowest BCUT2D eigenvalue weighted by Gasteiger charge is -2.22. The predicted molar refractivity (Wildman–Crippen MR) is 114 cm³/mol. The first-order chi connectivity index (χ1) is 14.1. The highest BCUT2D eigenvalue weighted by atomic mass is 35.5. The molecule has 1 aliphatic carbocycles. The van der Waals surface area contributed by atoms with Crippen molar-refractivity contribution < 1.29 is 9.53 Å². The normalized spacial score (nSPS) is 14.7. The SMILES string of the molecule is NC(=O)COc1ccc2c(c1)N(c1nc(-c3ccc(Cl)s3)nc3c1CCC3)CC2. The third-order valence-electron chi connectivity index (χ3n) is 5.29. The number of rotatable bonds is 5. The Morgan fingerprint density at radius 2 is 2.10 bits per heavy atom. The molecule has 0 atom stereocenters. The van der Waals surface area contributed by atoms with Crippen molar-refractivity contribution in [3.05, 3.63) is 51.5 Å². The standard InChI is InChI=1S/C21H19ClN4O2S/c22-18-7-6-17(29-18)20-24-15-3-1-2-14(15)21(25-20)26-9-8-12-4-5-13(10-16(12)26)28-11-19(23)27/h4-7,10H,1-3,8-9,11H2,(H2,23,27). The van der Waals surface area contributed by atoms with Gasteiger partial charge in [0.15, 0.2) is 12.4 Å². The van der Waals surface area contributed by atoms with E-state index in [0.717, 1.165) is 64.5 Å². The zero-order chi connectivity index (χ0) is 20.0. The van der Waals surface area contributed by atoms with Crippen LogP contribution in [0.4, 0.5) is 11.5 Å². The van der Waals surface area contributed by atoms with Gasteiger partial charge in [0.1, 0.15) is 11.6 Å². The van der Waals surface area contributed by atoms with E-state index >= 15 is 0 Å². The van der Waals surface area contributed by atoms with Crippen LogP contribution >= 0.6 is 22.9 Å². The van der Waals surface area contributed by atoms with Crippen LogP contribution in [-0.4, -0.2) is 29.0 Å². The number of carbonyl (C=O) groups excluding carboxylic acids is 1. The maximum Gasteiger partial charge on any atom is 0.255 e. The Hall–Kier alpha value is -2.64. The number of carbonyl (C=O) groups is 1. The first kappa shape index (κ1) is 18.4. The molecule has 0 fully saturated rings. The summed E-state index contributed by atoms with van der Waals surface area (Å²) in [6, 6.07) is 9.75. The molecule has 1 aromatic carbocycles. The summed E-state index contributed by atoms with van der Waals surface area (Å²) in [5.74, 6) is 1.84. The Balaban J connectivity index is 1.56. The lowest BCUT2D eigenvalue weighted by molar-refractivity contribution is -0.119. The number of nitrogens with two attached hydrogens (primary N) is 1. The van der Waals surface area contributed by atoms with Gasteiger partial charge >= 0.3 is 0 Å². The first-order valence-corrected chi connectivity index (χ1v) is 10.7. The molecule has 0 saturated carbocycles. The fourth-order valence-corrected chi connectivity index (χ4v) is 4.98. The van der Waals surface area contributed by atoms with Gasteiger partial charge in [-0.05, 0) is 49.4 Å². The van der Waals surface area contributed by atoms with Crippen molar-refractivity contribution in [3.63, 3.8) is 0 Å². The maximum atomic E-state index is 11.1. The summed E-state index contributed by atoms with van der Waals surface area (Å²) < 4.78 is 6.25. The fraction of sp³-hybridized carbons (Fsp3) is 0.286. The summed E-state index contributed by atoms with van der Waals surface area (Å²) >= 11 is 7.63. The first-order valence-electron chi connectivity index (χ1n) is 9.55. The minimum atomic E-state index is -0.491. The molecular weight excluding hydrogens is 408 g/mol. The van der Waals surface area contributed by atoms with Gasteiger partial charge in [-0.25, -0.2) is 9.97 Å². The number of ether oxygens (including phenoxy) is 1. The lowest BCUT2D eigenvalue weighted by atomic mass is 10.1.